The summed E-state index contributed by atoms with van der Waals surface area (Å²) in [5.41, 5.74) is 1.60. The van der Waals surface area contributed by atoms with Crippen LogP contribution in [0.5, 0.6) is 0 Å². The van der Waals surface area contributed by atoms with E-state index in [1.807, 2.05) is 35.0 Å². The van der Waals surface area contributed by atoms with Gasteiger partial charge in [0, 0.05) is 56.3 Å². The molecule has 0 fully saturated rings. The van der Waals surface area contributed by atoms with Crippen molar-refractivity contribution in [2.24, 2.45) is 0 Å². The summed E-state index contributed by atoms with van der Waals surface area (Å²) in [7, 11) is 1.96. The number of carboxylic acid groups (broad SMARTS) is 2. The van der Waals surface area contributed by atoms with Gasteiger partial charge < -0.3 is 15.1 Å². The van der Waals surface area contributed by atoms with Crippen molar-refractivity contribution in [2.45, 2.75) is 13.1 Å². The van der Waals surface area contributed by atoms with Crippen LogP contribution in [0.3, 0.4) is 0 Å². The molecule has 2 N–H and O–H groups in total. The number of nitrogens with zero attached hydrogens (tertiary/aromatic N) is 4. The van der Waals surface area contributed by atoms with Gasteiger partial charge in [-0.25, -0.2) is 0 Å². The van der Waals surface area contributed by atoms with Gasteiger partial charge in [-0.05, 0) is 19.2 Å². The molecule has 9 heteroatoms. The van der Waals surface area contributed by atoms with E-state index in [4.69, 9.17) is 10.2 Å². The third-order valence-corrected chi connectivity index (χ3v) is 3.95. The molecule has 139 valence electrons. The van der Waals surface area contributed by atoms with E-state index >= 15 is 0 Å². The van der Waals surface area contributed by atoms with Gasteiger partial charge in [-0.2, -0.15) is 0 Å². The van der Waals surface area contributed by atoms with E-state index in [2.05, 4.69) is 9.88 Å². The molecule has 0 aromatic carbocycles. The third-order valence-electron chi connectivity index (χ3n) is 3.95. The molecular weight excluding hydrogens is 367 g/mol. The summed E-state index contributed by atoms with van der Waals surface area (Å²) in [6.45, 7) is 3.55. The normalized spacial score (nSPS) is 17.8. The van der Waals surface area contributed by atoms with E-state index in [-0.39, 0.29) is 30.2 Å². The van der Waals surface area contributed by atoms with E-state index in [1.54, 1.807) is 0 Å². The number of aromatic nitrogens is 1. The summed E-state index contributed by atoms with van der Waals surface area (Å²) in [5, 5.41) is 18.2. The van der Waals surface area contributed by atoms with Crippen LogP contribution in [0.4, 0.5) is 0 Å². The molecule has 1 aliphatic heterocycles. The minimum Gasteiger partial charge on any atom is -0.480 e. The van der Waals surface area contributed by atoms with Gasteiger partial charge in [0.2, 0.25) is 0 Å². The molecular formula is C16H24MnN4O4. The molecule has 0 aliphatic carbocycles. The minimum atomic E-state index is -0.853. The number of hydrogen-bond acceptors (Lipinski definition) is 6. The van der Waals surface area contributed by atoms with Crippen LogP contribution in [0.2, 0.25) is 0 Å². The zero-order valence-electron chi connectivity index (χ0n) is 14.3. The fourth-order valence-electron chi connectivity index (χ4n) is 2.71. The quantitative estimate of drug-likeness (QED) is 0.681. The Bertz CT molecular complexity index is 542. The fourth-order valence-corrected chi connectivity index (χ4v) is 2.71. The van der Waals surface area contributed by atoms with Crippen LogP contribution in [0, 0.1) is 0 Å². The zero-order valence-corrected chi connectivity index (χ0v) is 15.4. The SMILES string of the molecule is CN1CCN(CC(=O)O)Cc2cccc(n2)CN(CC(=O)O)CC1.[Mn]. The van der Waals surface area contributed by atoms with Crippen molar-refractivity contribution in [3.63, 3.8) is 0 Å². The van der Waals surface area contributed by atoms with Crippen molar-refractivity contribution in [3.8, 4) is 0 Å². The maximum Gasteiger partial charge on any atom is 0.317 e. The summed E-state index contributed by atoms with van der Waals surface area (Å²) >= 11 is 0. The molecule has 2 rings (SSSR count). The molecule has 1 aromatic rings. The van der Waals surface area contributed by atoms with E-state index < -0.39 is 11.9 Å². The predicted molar refractivity (Wildman–Crippen MR) is 87.6 cm³/mol. The Morgan fingerprint density at radius 1 is 0.960 bits per heavy atom. The summed E-state index contributed by atoms with van der Waals surface area (Å²) in [6.07, 6.45) is 0. The number of pyridine rings is 1. The molecule has 1 aliphatic rings. The van der Waals surface area contributed by atoms with E-state index in [0.717, 1.165) is 11.4 Å². The first-order valence-corrected chi connectivity index (χ1v) is 7.94. The molecule has 2 bridgehead atoms. The van der Waals surface area contributed by atoms with E-state index in [0.29, 0.717) is 39.3 Å². The van der Waals surface area contributed by atoms with Crippen molar-refractivity contribution in [3.05, 3.63) is 29.6 Å². The summed E-state index contributed by atoms with van der Waals surface area (Å²) < 4.78 is 0. The Balaban J connectivity index is 0.00000312. The maximum atomic E-state index is 11.1. The van der Waals surface area contributed by atoms with Gasteiger partial charge in [-0.15, -0.1) is 0 Å². The van der Waals surface area contributed by atoms with Crippen molar-refractivity contribution in [2.75, 3.05) is 46.3 Å². The molecule has 2 heterocycles. The molecule has 1 radical (unpaired) electrons. The number of carbonyl (C=O) groups is 2. The molecule has 25 heavy (non-hydrogen) atoms. The largest absolute Gasteiger partial charge is 0.480 e. The Hall–Kier alpha value is -1.51. The predicted octanol–water partition coefficient (Wildman–Crippen LogP) is -0.202. The average molecular weight is 391 g/mol. The molecule has 1 aromatic heterocycles. The first-order chi connectivity index (χ1) is 11.4. The molecule has 0 unspecified atom stereocenters. The molecule has 8 nitrogen and oxygen atoms in total. The second kappa shape index (κ2) is 10.5. The van der Waals surface area contributed by atoms with Crippen LogP contribution >= 0.6 is 0 Å². The smallest absolute Gasteiger partial charge is 0.317 e. The van der Waals surface area contributed by atoms with Gasteiger partial charge in [0.1, 0.15) is 0 Å². The number of carboxylic acids is 2. The number of fused-ring (bicyclic) bond motifs is 2. The Kier molecular flexibility index (Phi) is 9.02. The summed E-state index contributed by atoms with van der Waals surface area (Å²) in [5.74, 6) is -1.71. The Morgan fingerprint density at radius 2 is 1.40 bits per heavy atom. The topological polar surface area (TPSA) is 97.2 Å². The van der Waals surface area contributed by atoms with E-state index in [1.165, 1.54) is 0 Å². The second-order valence-electron chi connectivity index (χ2n) is 6.13. The summed E-state index contributed by atoms with van der Waals surface area (Å²) in [6, 6.07) is 5.62. The van der Waals surface area contributed by atoms with Gasteiger partial charge in [0.15, 0.2) is 0 Å². The van der Waals surface area contributed by atoms with Crippen molar-refractivity contribution >= 4 is 11.9 Å². The standard InChI is InChI=1S/C16H24N4O4.Mn/c1-18-5-7-19(11-15(21)22)9-13-3-2-4-14(17-13)10-20(8-6-18)12-16(23)24;/h2-4H,5-12H2,1H3,(H,21,22)(H,23,24);. The first-order valence-electron chi connectivity index (χ1n) is 7.94. The van der Waals surface area contributed by atoms with Crippen LogP contribution < -0.4 is 0 Å². The van der Waals surface area contributed by atoms with Gasteiger partial charge in [0.25, 0.3) is 0 Å². The number of hydrogen-bond donors (Lipinski definition) is 2. The fraction of sp³-hybridized carbons (Fsp3) is 0.562. The number of rotatable bonds is 4. The van der Waals surface area contributed by atoms with Crippen molar-refractivity contribution in [1.29, 1.82) is 0 Å². The molecule has 0 saturated heterocycles. The first kappa shape index (κ1) is 21.5. The number of aliphatic carboxylic acids is 2. The Labute approximate surface area is 157 Å². The molecule has 0 spiro atoms. The third kappa shape index (κ3) is 7.94. The molecule has 0 atom stereocenters. The van der Waals surface area contributed by atoms with Crippen LogP contribution in [0.15, 0.2) is 18.2 Å². The van der Waals surface area contributed by atoms with Crippen molar-refractivity contribution in [1.82, 2.24) is 19.7 Å². The van der Waals surface area contributed by atoms with Gasteiger partial charge >= 0.3 is 11.9 Å². The summed E-state index contributed by atoms with van der Waals surface area (Å²) in [4.78, 5) is 32.5. The monoisotopic (exact) mass is 391 g/mol. The zero-order chi connectivity index (χ0) is 17.5. The average Bonchev–Trinajstić information content (AvgIpc) is 2.49. The molecule has 0 amide bonds. The van der Waals surface area contributed by atoms with Gasteiger partial charge in [0.05, 0.1) is 24.5 Å². The van der Waals surface area contributed by atoms with Crippen molar-refractivity contribution < 1.29 is 36.9 Å². The van der Waals surface area contributed by atoms with E-state index in [9.17, 15) is 9.59 Å². The number of likely N-dealkylation sites (N-methyl/N-ethyl adjacent to an activating group) is 1. The second-order valence-corrected chi connectivity index (χ2v) is 6.13. The van der Waals surface area contributed by atoms with Gasteiger partial charge in [-0.1, -0.05) is 6.07 Å². The molecule has 0 saturated carbocycles. The van der Waals surface area contributed by atoms with Crippen LogP contribution in [0.25, 0.3) is 0 Å². The van der Waals surface area contributed by atoms with Gasteiger partial charge in [-0.3, -0.25) is 24.4 Å². The maximum absolute atomic E-state index is 11.1. The minimum absolute atomic E-state index is 0. The van der Waals surface area contributed by atoms with Crippen LogP contribution in [0.1, 0.15) is 11.4 Å². The van der Waals surface area contributed by atoms with Crippen LogP contribution in [-0.4, -0.2) is 88.2 Å². The Morgan fingerprint density at radius 3 is 1.80 bits per heavy atom. The van der Waals surface area contributed by atoms with Crippen LogP contribution in [-0.2, 0) is 39.7 Å².